The fourth-order valence-electron chi connectivity index (χ4n) is 1.43. The number of carbonyl (C=O) groups is 1. The Kier molecular flexibility index (Phi) is 3.72. The van der Waals surface area contributed by atoms with Gasteiger partial charge in [-0.1, -0.05) is 17.3 Å². The second kappa shape index (κ2) is 5.63. The summed E-state index contributed by atoms with van der Waals surface area (Å²) in [6.45, 7) is 0.265. The van der Waals surface area contributed by atoms with Crippen molar-refractivity contribution in [2.24, 2.45) is 10.9 Å². The van der Waals surface area contributed by atoms with E-state index in [-0.39, 0.29) is 18.3 Å². The Morgan fingerprint density at radius 3 is 2.63 bits per heavy atom. The van der Waals surface area contributed by atoms with E-state index in [1.807, 2.05) is 0 Å². The van der Waals surface area contributed by atoms with E-state index in [1.165, 1.54) is 6.33 Å². The normalized spacial score (nSPS) is 11.3. The molecule has 5 N–H and O–H groups in total. The highest BCUT2D eigenvalue weighted by molar-refractivity contribution is 5.99. The molecule has 0 fully saturated rings. The van der Waals surface area contributed by atoms with Gasteiger partial charge in [0.05, 0.1) is 6.54 Å². The molecule has 1 heterocycles. The fraction of sp³-hybridized carbons (Fsp3) is 0.0909. The van der Waals surface area contributed by atoms with Crippen molar-refractivity contribution in [2.45, 2.75) is 6.54 Å². The summed E-state index contributed by atoms with van der Waals surface area (Å²) < 4.78 is 0. The Hall–Kier alpha value is -2.90. The molecule has 0 aliphatic rings. The zero-order chi connectivity index (χ0) is 13.7. The van der Waals surface area contributed by atoms with Gasteiger partial charge in [0.2, 0.25) is 0 Å². The van der Waals surface area contributed by atoms with Crippen molar-refractivity contribution in [3.8, 4) is 0 Å². The SMILES string of the molecule is NC(=NO)c1ccc(C(=O)NCc2ncn[nH]2)cc1. The molecule has 98 valence electrons. The van der Waals surface area contributed by atoms with Crippen molar-refractivity contribution >= 4 is 11.7 Å². The third kappa shape index (κ3) is 3.06. The molecule has 19 heavy (non-hydrogen) atoms. The van der Waals surface area contributed by atoms with E-state index in [1.54, 1.807) is 24.3 Å². The average Bonchev–Trinajstić information content (AvgIpc) is 2.97. The molecule has 0 saturated heterocycles. The lowest BCUT2D eigenvalue weighted by Gasteiger charge is -2.04. The standard InChI is InChI=1S/C11H12N6O2/c12-10(17-19)7-1-3-8(4-2-7)11(18)13-5-9-14-6-15-16-9/h1-4,6,19H,5H2,(H2,12,17)(H,13,18)(H,14,15,16). The second-order valence-electron chi connectivity index (χ2n) is 3.68. The summed E-state index contributed by atoms with van der Waals surface area (Å²) in [6, 6.07) is 6.36. The Labute approximate surface area is 108 Å². The van der Waals surface area contributed by atoms with Crippen molar-refractivity contribution in [3.63, 3.8) is 0 Å². The number of nitrogens with two attached hydrogens (primary N) is 1. The molecule has 1 amide bonds. The lowest BCUT2D eigenvalue weighted by Crippen LogP contribution is -2.23. The molecular weight excluding hydrogens is 248 g/mol. The van der Waals surface area contributed by atoms with Crippen molar-refractivity contribution in [3.05, 3.63) is 47.5 Å². The van der Waals surface area contributed by atoms with Crippen LogP contribution in [-0.2, 0) is 6.54 Å². The topological polar surface area (TPSA) is 129 Å². The minimum atomic E-state index is -0.248. The number of nitrogens with zero attached hydrogens (tertiary/aromatic N) is 3. The highest BCUT2D eigenvalue weighted by Gasteiger charge is 2.07. The molecule has 2 aromatic rings. The summed E-state index contributed by atoms with van der Waals surface area (Å²) in [7, 11) is 0. The summed E-state index contributed by atoms with van der Waals surface area (Å²) >= 11 is 0. The number of nitrogens with one attached hydrogen (secondary N) is 2. The smallest absolute Gasteiger partial charge is 0.251 e. The number of oxime groups is 1. The maximum atomic E-state index is 11.8. The predicted octanol–water partition coefficient (Wildman–Crippen LogP) is -0.171. The van der Waals surface area contributed by atoms with Gasteiger partial charge < -0.3 is 16.3 Å². The van der Waals surface area contributed by atoms with Gasteiger partial charge in [0, 0.05) is 11.1 Å². The van der Waals surface area contributed by atoms with Crippen LogP contribution in [0.1, 0.15) is 21.7 Å². The Morgan fingerprint density at radius 1 is 1.37 bits per heavy atom. The summed E-state index contributed by atoms with van der Waals surface area (Å²) in [6.07, 6.45) is 1.37. The average molecular weight is 260 g/mol. The minimum absolute atomic E-state index is 0.00591. The van der Waals surface area contributed by atoms with E-state index >= 15 is 0 Å². The Balaban J connectivity index is 1.99. The molecule has 1 aromatic heterocycles. The number of H-pyrrole nitrogens is 1. The molecule has 8 heteroatoms. The van der Waals surface area contributed by atoms with Gasteiger partial charge >= 0.3 is 0 Å². The van der Waals surface area contributed by atoms with E-state index in [9.17, 15) is 4.79 Å². The monoisotopic (exact) mass is 260 g/mol. The van der Waals surface area contributed by atoms with Gasteiger partial charge in [0.1, 0.15) is 12.2 Å². The third-order valence-electron chi connectivity index (χ3n) is 2.43. The Morgan fingerprint density at radius 2 is 2.05 bits per heavy atom. The lowest BCUT2D eigenvalue weighted by molar-refractivity contribution is 0.0950. The van der Waals surface area contributed by atoms with Crippen LogP contribution in [0.25, 0.3) is 0 Å². The third-order valence-corrected chi connectivity index (χ3v) is 2.43. The molecule has 0 aliphatic carbocycles. The number of hydrogen-bond acceptors (Lipinski definition) is 5. The molecular formula is C11H12N6O2. The number of amides is 1. The number of aromatic amines is 1. The quantitative estimate of drug-likeness (QED) is 0.262. The molecule has 0 spiro atoms. The van der Waals surface area contributed by atoms with Crippen LogP contribution < -0.4 is 11.1 Å². The summed E-state index contributed by atoms with van der Waals surface area (Å²) in [4.78, 5) is 15.7. The number of aromatic nitrogens is 3. The van der Waals surface area contributed by atoms with Gasteiger partial charge in [-0.2, -0.15) is 5.10 Å². The van der Waals surface area contributed by atoms with Crippen molar-refractivity contribution in [2.75, 3.05) is 0 Å². The van der Waals surface area contributed by atoms with Crippen molar-refractivity contribution < 1.29 is 10.0 Å². The van der Waals surface area contributed by atoms with Crippen LogP contribution in [0.4, 0.5) is 0 Å². The van der Waals surface area contributed by atoms with E-state index in [2.05, 4.69) is 25.7 Å². The van der Waals surface area contributed by atoms with E-state index in [0.717, 1.165) is 0 Å². The van der Waals surface area contributed by atoms with Gasteiger partial charge in [0.15, 0.2) is 5.84 Å². The first-order valence-electron chi connectivity index (χ1n) is 5.41. The number of hydrogen-bond donors (Lipinski definition) is 4. The van der Waals surface area contributed by atoms with E-state index in [4.69, 9.17) is 10.9 Å². The first-order chi connectivity index (χ1) is 9.20. The number of amidine groups is 1. The zero-order valence-corrected chi connectivity index (χ0v) is 9.87. The first-order valence-corrected chi connectivity index (χ1v) is 5.41. The molecule has 0 saturated carbocycles. The van der Waals surface area contributed by atoms with E-state index in [0.29, 0.717) is 17.0 Å². The Bertz CT molecular complexity index is 576. The van der Waals surface area contributed by atoms with Gasteiger partial charge in [-0.05, 0) is 12.1 Å². The van der Waals surface area contributed by atoms with Crippen LogP contribution >= 0.6 is 0 Å². The summed E-state index contributed by atoms with van der Waals surface area (Å²) in [5.74, 6) is 0.317. The summed E-state index contributed by atoms with van der Waals surface area (Å²) in [5.41, 5.74) is 6.43. The van der Waals surface area contributed by atoms with Crippen LogP contribution in [-0.4, -0.2) is 32.1 Å². The van der Waals surface area contributed by atoms with Gasteiger partial charge in [-0.25, -0.2) is 4.98 Å². The molecule has 8 nitrogen and oxygen atoms in total. The van der Waals surface area contributed by atoms with Crippen molar-refractivity contribution in [1.29, 1.82) is 0 Å². The van der Waals surface area contributed by atoms with Gasteiger partial charge in [-0.3, -0.25) is 9.89 Å². The van der Waals surface area contributed by atoms with Gasteiger partial charge in [0.25, 0.3) is 5.91 Å². The maximum Gasteiger partial charge on any atom is 0.251 e. The maximum absolute atomic E-state index is 11.8. The van der Waals surface area contributed by atoms with Crippen LogP contribution in [0, 0.1) is 0 Å². The molecule has 2 rings (SSSR count). The zero-order valence-electron chi connectivity index (χ0n) is 9.87. The minimum Gasteiger partial charge on any atom is -0.409 e. The highest BCUT2D eigenvalue weighted by Crippen LogP contribution is 2.04. The fourth-order valence-corrected chi connectivity index (χ4v) is 1.43. The lowest BCUT2D eigenvalue weighted by atomic mass is 10.1. The first kappa shape index (κ1) is 12.6. The predicted molar refractivity (Wildman–Crippen MR) is 66.5 cm³/mol. The molecule has 0 bridgehead atoms. The van der Waals surface area contributed by atoms with Gasteiger partial charge in [-0.15, -0.1) is 0 Å². The van der Waals surface area contributed by atoms with Crippen LogP contribution in [0.15, 0.2) is 35.7 Å². The van der Waals surface area contributed by atoms with Crippen LogP contribution in [0.2, 0.25) is 0 Å². The second-order valence-corrected chi connectivity index (χ2v) is 3.68. The van der Waals surface area contributed by atoms with E-state index < -0.39 is 0 Å². The van der Waals surface area contributed by atoms with Crippen LogP contribution in [0.3, 0.4) is 0 Å². The molecule has 1 aromatic carbocycles. The number of benzene rings is 1. The van der Waals surface area contributed by atoms with Crippen molar-refractivity contribution in [1.82, 2.24) is 20.5 Å². The summed E-state index contributed by atoms with van der Waals surface area (Å²) in [5, 5.41) is 20.4. The largest absolute Gasteiger partial charge is 0.409 e. The molecule has 0 unspecified atom stereocenters. The molecule has 0 aliphatic heterocycles. The number of rotatable bonds is 4. The molecule has 0 atom stereocenters. The van der Waals surface area contributed by atoms with Crippen LogP contribution in [0.5, 0.6) is 0 Å². The number of carbonyl (C=O) groups excluding carboxylic acids is 1. The highest BCUT2D eigenvalue weighted by atomic mass is 16.4. The molecule has 0 radical (unpaired) electrons.